The SMILES string of the molecule is O=c1[nH]c2ccc(CNc3nc(C4CC4)ns3)cc2[nH]1. The average Bonchev–Trinajstić information content (AvgIpc) is 3.06. The van der Waals surface area contributed by atoms with Crippen LogP contribution in [0.5, 0.6) is 0 Å². The molecular weight excluding hydrogens is 274 g/mol. The Kier molecular flexibility index (Phi) is 2.59. The summed E-state index contributed by atoms with van der Waals surface area (Å²) in [6.07, 6.45) is 2.43. The van der Waals surface area contributed by atoms with Crippen molar-refractivity contribution in [2.45, 2.75) is 25.3 Å². The minimum absolute atomic E-state index is 0.177. The molecule has 2 aromatic heterocycles. The van der Waals surface area contributed by atoms with Crippen LogP contribution in [0.25, 0.3) is 11.0 Å². The summed E-state index contributed by atoms with van der Waals surface area (Å²) in [5, 5.41) is 4.13. The summed E-state index contributed by atoms with van der Waals surface area (Å²) in [4.78, 5) is 21.2. The molecule has 1 aromatic carbocycles. The smallest absolute Gasteiger partial charge is 0.323 e. The minimum Gasteiger partial charge on any atom is -0.356 e. The predicted octanol–water partition coefficient (Wildman–Crippen LogP) is 2.20. The maximum atomic E-state index is 11.2. The number of aromatic amines is 2. The van der Waals surface area contributed by atoms with Gasteiger partial charge in [0, 0.05) is 24.0 Å². The second kappa shape index (κ2) is 4.45. The minimum atomic E-state index is -0.177. The summed E-state index contributed by atoms with van der Waals surface area (Å²) in [7, 11) is 0. The van der Waals surface area contributed by atoms with Crippen LogP contribution < -0.4 is 11.0 Å². The van der Waals surface area contributed by atoms with Crippen molar-refractivity contribution in [3.8, 4) is 0 Å². The summed E-state index contributed by atoms with van der Waals surface area (Å²) in [5.41, 5.74) is 2.56. The number of nitrogens with zero attached hydrogens (tertiary/aromatic N) is 2. The Labute approximate surface area is 118 Å². The van der Waals surface area contributed by atoms with E-state index in [0.29, 0.717) is 12.5 Å². The highest BCUT2D eigenvalue weighted by molar-refractivity contribution is 7.09. The van der Waals surface area contributed by atoms with Gasteiger partial charge in [-0.3, -0.25) is 0 Å². The van der Waals surface area contributed by atoms with E-state index < -0.39 is 0 Å². The van der Waals surface area contributed by atoms with Gasteiger partial charge in [0.15, 0.2) is 0 Å². The van der Waals surface area contributed by atoms with E-state index in [1.807, 2.05) is 18.2 Å². The molecule has 1 saturated carbocycles. The molecule has 102 valence electrons. The van der Waals surface area contributed by atoms with Gasteiger partial charge in [-0.05, 0) is 30.5 Å². The van der Waals surface area contributed by atoms with Gasteiger partial charge < -0.3 is 15.3 Å². The zero-order valence-corrected chi connectivity index (χ0v) is 11.5. The lowest BCUT2D eigenvalue weighted by Gasteiger charge is -2.02. The lowest BCUT2D eigenvalue weighted by Crippen LogP contribution is -1.99. The van der Waals surface area contributed by atoms with Gasteiger partial charge in [-0.25, -0.2) is 9.78 Å². The van der Waals surface area contributed by atoms with Gasteiger partial charge in [0.05, 0.1) is 11.0 Å². The van der Waals surface area contributed by atoms with Crippen LogP contribution in [0.4, 0.5) is 5.13 Å². The Morgan fingerprint density at radius 3 is 3.00 bits per heavy atom. The van der Waals surface area contributed by atoms with Crippen LogP contribution in [0, 0.1) is 0 Å². The Morgan fingerprint density at radius 2 is 2.15 bits per heavy atom. The zero-order valence-electron chi connectivity index (χ0n) is 10.6. The molecule has 0 spiro atoms. The first-order valence-corrected chi connectivity index (χ1v) is 7.34. The standard InChI is InChI=1S/C13H13N5OS/c19-12-15-9-4-1-7(5-10(9)16-12)6-14-13-17-11(18-20-13)8-2-3-8/h1,4-5,8H,2-3,6H2,(H,14,17,18)(H2,15,16,19). The van der Waals surface area contributed by atoms with Gasteiger partial charge in [0.25, 0.3) is 0 Å². The van der Waals surface area contributed by atoms with Crippen LogP contribution in [0.15, 0.2) is 23.0 Å². The van der Waals surface area contributed by atoms with Crippen LogP contribution in [0.2, 0.25) is 0 Å². The van der Waals surface area contributed by atoms with E-state index >= 15 is 0 Å². The van der Waals surface area contributed by atoms with Crippen LogP contribution in [-0.2, 0) is 6.54 Å². The highest BCUT2D eigenvalue weighted by Crippen LogP contribution is 2.39. The monoisotopic (exact) mass is 287 g/mol. The number of aromatic nitrogens is 4. The molecule has 20 heavy (non-hydrogen) atoms. The molecule has 0 amide bonds. The fraction of sp³-hybridized carbons (Fsp3) is 0.308. The molecule has 0 unspecified atom stereocenters. The molecule has 7 heteroatoms. The van der Waals surface area contributed by atoms with Crippen molar-refractivity contribution in [1.29, 1.82) is 0 Å². The third-order valence-corrected chi connectivity index (χ3v) is 4.10. The van der Waals surface area contributed by atoms with Crippen molar-refractivity contribution in [2.75, 3.05) is 5.32 Å². The number of anilines is 1. The van der Waals surface area contributed by atoms with Crippen LogP contribution in [-0.4, -0.2) is 19.3 Å². The van der Waals surface area contributed by atoms with Gasteiger partial charge >= 0.3 is 5.69 Å². The topological polar surface area (TPSA) is 86.5 Å². The number of nitrogens with one attached hydrogen (secondary N) is 3. The molecule has 4 rings (SSSR count). The quantitative estimate of drug-likeness (QED) is 0.686. The number of rotatable bonds is 4. The van der Waals surface area contributed by atoms with Crippen molar-refractivity contribution in [3.63, 3.8) is 0 Å². The Bertz CT molecular complexity index is 813. The second-order valence-electron chi connectivity index (χ2n) is 5.04. The summed E-state index contributed by atoms with van der Waals surface area (Å²) < 4.78 is 4.36. The molecule has 0 saturated heterocycles. The summed E-state index contributed by atoms with van der Waals surface area (Å²) in [6, 6.07) is 5.85. The van der Waals surface area contributed by atoms with E-state index in [1.165, 1.54) is 24.4 Å². The Hall–Kier alpha value is -2.15. The number of benzene rings is 1. The number of fused-ring (bicyclic) bond motifs is 1. The Balaban J connectivity index is 1.49. The first-order chi connectivity index (χ1) is 9.78. The van der Waals surface area contributed by atoms with E-state index in [4.69, 9.17) is 0 Å². The maximum absolute atomic E-state index is 11.2. The van der Waals surface area contributed by atoms with Gasteiger partial charge in [0.1, 0.15) is 5.82 Å². The van der Waals surface area contributed by atoms with Gasteiger partial charge in [-0.2, -0.15) is 4.37 Å². The third kappa shape index (κ3) is 2.20. The first-order valence-electron chi connectivity index (χ1n) is 6.56. The molecular formula is C13H13N5OS. The molecule has 0 radical (unpaired) electrons. The van der Waals surface area contributed by atoms with Crippen molar-refractivity contribution in [2.24, 2.45) is 0 Å². The molecule has 0 aliphatic heterocycles. The van der Waals surface area contributed by atoms with Gasteiger partial charge in [-0.15, -0.1) is 0 Å². The lowest BCUT2D eigenvalue weighted by atomic mass is 10.2. The number of hydrogen-bond acceptors (Lipinski definition) is 5. The molecule has 6 nitrogen and oxygen atoms in total. The molecule has 0 atom stereocenters. The Morgan fingerprint density at radius 1 is 1.30 bits per heavy atom. The average molecular weight is 287 g/mol. The number of H-pyrrole nitrogens is 2. The van der Waals surface area contributed by atoms with Crippen LogP contribution in [0.3, 0.4) is 0 Å². The van der Waals surface area contributed by atoms with E-state index in [-0.39, 0.29) is 5.69 Å². The molecule has 3 aromatic rings. The first kappa shape index (κ1) is 11.7. The lowest BCUT2D eigenvalue weighted by molar-refractivity contribution is 0.980. The zero-order chi connectivity index (χ0) is 13.5. The summed E-state index contributed by atoms with van der Waals surface area (Å²) in [5.74, 6) is 1.56. The summed E-state index contributed by atoms with van der Waals surface area (Å²) >= 11 is 1.41. The largest absolute Gasteiger partial charge is 0.356 e. The van der Waals surface area contributed by atoms with Gasteiger partial charge in [-0.1, -0.05) is 6.07 Å². The van der Waals surface area contributed by atoms with Crippen LogP contribution >= 0.6 is 11.5 Å². The van der Waals surface area contributed by atoms with Gasteiger partial charge in [0.2, 0.25) is 5.13 Å². The predicted molar refractivity (Wildman–Crippen MR) is 78.1 cm³/mol. The van der Waals surface area contributed by atoms with Crippen molar-refractivity contribution < 1.29 is 0 Å². The van der Waals surface area contributed by atoms with E-state index in [0.717, 1.165) is 27.6 Å². The molecule has 1 fully saturated rings. The van der Waals surface area contributed by atoms with E-state index in [1.54, 1.807) is 0 Å². The fourth-order valence-electron chi connectivity index (χ4n) is 2.18. The highest BCUT2D eigenvalue weighted by atomic mass is 32.1. The third-order valence-electron chi connectivity index (χ3n) is 3.41. The molecule has 1 aliphatic rings. The fourth-order valence-corrected chi connectivity index (χ4v) is 2.82. The summed E-state index contributed by atoms with van der Waals surface area (Å²) in [6.45, 7) is 0.669. The molecule has 2 heterocycles. The maximum Gasteiger partial charge on any atom is 0.323 e. The van der Waals surface area contributed by atoms with Crippen molar-refractivity contribution in [1.82, 2.24) is 19.3 Å². The number of hydrogen-bond donors (Lipinski definition) is 3. The second-order valence-corrected chi connectivity index (χ2v) is 5.80. The van der Waals surface area contributed by atoms with Crippen LogP contribution in [0.1, 0.15) is 30.1 Å². The highest BCUT2D eigenvalue weighted by Gasteiger charge is 2.27. The molecule has 0 bridgehead atoms. The normalized spacial score (nSPS) is 14.8. The van der Waals surface area contributed by atoms with E-state index in [2.05, 4.69) is 24.6 Å². The van der Waals surface area contributed by atoms with Crippen molar-refractivity contribution in [3.05, 3.63) is 40.1 Å². The number of imidazole rings is 1. The molecule has 1 aliphatic carbocycles. The van der Waals surface area contributed by atoms with Crippen molar-refractivity contribution >= 4 is 27.7 Å². The molecule has 3 N–H and O–H groups in total. The van der Waals surface area contributed by atoms with E-state index in [9.17, 15) is 4.79 Å².